The number of carbonyl (C=O) groups is 2. The van der Waals surface area contributed by atoms with Crippen LogP contribution < -0.4 is 10.6 Å². The molecule has 1 aromatic rings. The number of hydrogen-bond acceptors (Lipinski definition) is 2. The van der Waals surface area contributed by atoms with Crippen molar-refractivity contribution in [3.63, 3.8) is 0 Å². The van der Waals surface area contributed by atoms with Gasteiger partial charge in [-0.05, 0) is 30.5 Å². The molecule has 0 unspecified atom stereocenters. The van der Waals surface area contributed by atoms with E-state index in [2.05, 4.69) is 10.6 Å². The summed E-state index contributed by atoms with van der Waals surface area (Å²) in [5, 5.41) is 14.2. The minimum absolute atomic E-state index is 0.124. The van der Waals surface area contributed by atoms with Crippen LogP contribution in [0, 0.1) is 12.8 Å². The lowest BCUT2D eigenvalue weighted by Gasteiger charge is -2.20. The highest BCUT2D eigenvalue weighted by atomic mass is 16.4. The number of anilines is 1. The van der Waals surface area contributed by atoms with Crippen molar-refractivity contribution < 1.29 is 14.7 Å². The first-order valence-electron chi connectivity index (χ1n) is 6.31. The number of amides is 2. The predicted octanol–water partition coefficient (Wildman–Crippen LogP) is 2.62. The summed E-state index contributed by atoms with van der Waals surface area (Å²) in [5.74, 6) is -1.14. The fourth-order valence-electron chi connectivity index (χ4n) is 1.71. The molecule has 5 nitrogen and oxygen atoms in total. The van der Waals surface area contributed by atoms with Crippen LogP contribution >= 0.6 is 0 Å². The number of urea groups is 1. The fraction of sp³-hybridized carbons (Fsp3) is 0.429. The van der Waals surface area contributed by atoms with E-state index in [9.17, 15) is 9.59 Å². The van der Waals surface area contributed by atoms with Gasteiger partial charge in [0.25, 0.3) is 0 Å². The number of aliphatic carboxylic acids is 1. The zero-order chi connectivity index (χ0) is 14.4. The van der Waals surface area contributed by atoms with Gasteiger partial charge in [0.05, 0.1) is 0 Å². The predicted molar refractivity (Wildman–Crippen MR) is 74.2 cm³/mol. The topological polar surface area (TPSA) is 78.4 Å². The molecule has 19 heavy (non-hydrogen) atoms. The number of carboxylic acid groups (broad SMARTS) is 1. The van der Waals surface area contributed by atoms with Gasteiger partial charge in [-0.2, -0.15) is 0 Å². The summed E-state index contributed by atoms with van der Waals surface area (Å²) in [6.07, 6.45) is 0.682. The van der Waals surface area contributed by atoms with E-state index < -0.39 is 18.0 Å². The Kier molecular flexibility index (Phi) is 5.36. The number of benzene rings is 1. The van der Waals surface area contributed by atoms with E-state index in [0.29, 0.717) is 12.1 Å². The number of carbonyl (C=O) groups excluding carboxylic acids is 1. The second-order valence-corrected chi connectivity index (χ2v) is 4.67. The molecule has 0 spiro atoms. The molecule has 5 heteroatoms. The third kappa shape index (κ3) is 4.62. The Balaban J connectivity index is 2.65. The Labute approximate surface area is 113 Å². The van der Waals surface area contributed by atoms with E-state index >= 15 is 0 Å². The van der Waals surface area contributed by atoms with Crippen LogP contribution in [0.5, 0.6) is 0 Å². The van der Waals surface area contributed by atoms with Gasteiger partial charge in [0.2, 0.25) is 0 Å². The minimum Gasteiger partial charge on any atom is -0.480 e. The third-order valence-corrected chi connectivity index (χ3v) is 3.04. The Bertz CT molecular complexity index is 460. The van der Waals surface area contributed by atoms with Crippen molar-refractivity contribution in [2.75, 3.05) is 5.32 Å². The lowest BCUT2D eigenvalue weighted by molar-refractivity contribution is -0.140. The maximum atomic E-state index is 11.8. The van der Waals surface area contributed by atoms with Gasteiger partial charge in [-0.1, -0.05) is 32.4 Å². The van der Waals surface area contributed by atoms with Gasteiger partial charge >= 0.3 is 12.0 Å². The van der Waals surface area contributed by atoms with Gasteiger partial charge in [0.1, 0.15) is 6.04 Å². The fourth-order valence-corrected chi connectivity index (χ4v) is 1.71. The lowest BCUT2D eigenvalue weighted by Crippen LogP contribution is -2.46. The van der Waals surface area contributed by atoms with E-state index in [-0.39, 0.29) is 5.92 Å². The summed E-state index contributed by atoms with van der Waals surface area (Å²) in [6, 6.07) is 5.94. The van der Waals surface area contributed by atoms with Crippen LogP contribution in [0.3, 0.4) is 0 Å². The van der Waals surface area contributed by atoms with E-state index in [1.807, 2.05) is 32.0 Å². The van der Waals surface area contributed by atoms with Crippen molar-refractivity contribution in [3.8, 4) is 0 Å². The highest BCUT2D eigenvalue weighted by molar-refractivity contribution is 5.92. The maximum absolute atomic E-state index is 11.8. The zero-order valence-electron chi connectivity index (χ0n) is 11.4. The molecule has 3 N–H and O–H groups in total. The number of carboxylic acids is 1. The maximum Gasteiger partial charge on any atom is 0.326 e. The number of aryl methyl sites for hydroxylation is 1. The average Bonchev–Trinajstić information content (AvgIpc) is 2.34. The van der Waals surface area contributed by atoms with Gasteiger partial charge < -0.3 is 15.7 Å². The number of nitrogens with one attached hydrogen (secondary N) is 2. The Hall–Kier alpha value is -2.04. The molecule has 1 aromatic carbocycles. The molecule has 0 saturated heterocycles. The first-order valence-corrected chi connectivity index (χ1v) is 6.31. The molecular formula is C14H20N2O3. The molecule has 0 aliphatic heterocycles. The first kappa shape index (κ1) is 15.0. The van der Waals surface area contributed by atoms with Crippen molar-refractivity contribution in [1.29, 1.82) is 0 Å². The Morgan fingerprint density at radius 2 is 2.05 bits per heavy atom. The van der Waals surface area contributed by atoms with E-state index in [1.54, 1.807) is 13.0 Å². The van der Waals surface area contributed by atoms with Crippen molar-refractivity contribution in [3.05, 3.63) is 29.8 Å². The van der Waals surface area contributed by atoms with E-state index in [4.69, 9.17) is 5.11 Å². The largest absolute Gasteiger partial charge is 0.480 e. The Morgan fingerprint density at radius 1 is 1.37 bits per heavy atom. The van der Waals surface area contributed by atoms with Crippen LogP contribution in [-0.2, 0) is 4.79 Å². The summed E-state index contributed by atoms with van der Waals surface area (Å²) < 4.78 is 0. The van der Waals surface area contributed by atoms with Crippen molar-refractivity contribution in [2.24, 2.45) is 5.92 Å². The molecule has 0 saturated carbocycles. The van der Waals surface area contributed by atoms with Gasteiger partial charge in [-0.25, -0.2) is 9.59 Å². The van der Waals surface area contributed by atoms with Crippen molar-refractivity contribution in [1.82, 2.24) is 5.32 Å². The van der Waals surface area contributed by atoms with Crippen molar-refractivity contribution in [2.45, 2.75) is 33.2 Å². The van der Waals surface area contributed by atoms with E-state index in [0.717, 1.165) is 5.56 Å². The van der Waals surface area contributed by atoms with Crippen LogP contribution in [0.1, 0.15) is 25.8 Å². The van der Waals surface area contributed by atoms with Gasteiger partial charge in [0.15, 0.2) is 0 Å². The number of rotatable bonds is 5. The summed E-state index contributed by atoms with van der Waals surface area (Å²) in [6.45, 7) is 5.61. The molecular weight excluding hydrogens is 244 g/mol. The van der Waals surface area contributed by atoms with Crippen LogP contribution in [0.2, 0.25) is 0 Å². The smallest absolute Gasteiger partial charge is 0.326 e. The third-order valence-electron chi connectivity index (χ3n) is 3.04. The van der Waals surface area contributed by atoms with E-state index in [1.165, 1.54) is 0 Å². The van der Waals surface area contributed by atoms with Crippen LogP contribution in [0.15, 0.2) is 24.3 Å². The second kappa shape index (κ2) is 6.78. The zero-order valence-corrected chi connectivity index (χ0v) is 11.4. The van der Waals surface area contributed by atoms with Crippen LogP contribution in [-0.4, -0.2) is 23.1 Å². The van der Waals surface area contributed by atoms with Gasteiger partial charge in [0, 0.05) is 5.69 Å². The van der Waals surface area contributed by atoms with Crippen LogP contribution in [0.25, 0.3) is 0 Å². The molecule has 104 valence electrons. The van der Waals surface area contributed by atoms with Gasteiger partial charge in [-0.3, -0.25) is 0 Å². The molecule has 0 heterocycles. The molecule has 2 atom stereocenters. The van der Waals surface area contributed by atoms with Crippen LogP contribution in [0.4, 0.5) is 10.5 Å². The minimum atomic E-state index is -1.02. The second-order valence-electron chi connectivity index (χ2n) is 4.67. The summed E-state index contributed by atoms with van der Waals surface area (Å²) >= 11 is 0. The normalized spacial score (nSPS) is 13.4. The molecule has 2 amide bonds. The molecule has 0 aromatic heterocycles. The molecule has 0 radical (unpaired) electrons. The molecule has 0 fully saturated rings. The standard InChI is InChI=1S/C14H20N2O3/c1-4-10(3)12(13(17)18)16-14(19)15-11-7-5-6-9(2)8-11/h5-8,10,12H,4H2,1-3H3,(H,17,18)(H2,15,16,19)/t10-,12-/m0/s1. The highest BCUT2D eigenvalue weighted by Gasteiger charge is 2.25. The quantitative estimate of drug-likeness (QED) is 0.765. The lowest BCUT2D eigenvalue weighted by atomic mass is 9.99. The molecule has 0 bridgehead atoms. The molecule has 0 aliphatic rings. The summed E-state index contributed by atoms with van der Waals surface area (Å²) in [5.41, 5.74) is 1.67. The monoisotopic (exact) mass is 264 g/mol. The van der Waals surface area contributed by atoms with Crippen molar-refractivity contribution >= 4 is 17.7 Å². The molecule has 0 aliphatic carbocycles. The number of hydrogen-bond donors (Lipinski definition) is 3. The first-order chi connectivity index (χ1) is 8.93. The SMILES string of the molecule is CC[C@H](C)[C@H](NC(=O)Nc1cccc(C)c1)C(=O)O. The summed E-state index contributed by atoms with van der Waals surface area (Å²) in [7, 11) is 0. The summed E-state index contributed by atoms with van der Waals surface area (Å²) in [4.78, 5) is 22.9. The van der Waals surface area contributed by atoms with Gasteiger partial charge in [-0.15, -0.1) is 0 Å². The highest BCUT2D eigenvalue weighted by Crippen LogP contribution is 2.11. The molecule has 1 rings (SSSR count). The Morgan fingerprint density at radius 3 is 2.58 bits per heavy atom. The average molecular weight is 264 g/mol.